The minimum atomic E-state index is 0.456. The zero-order valence-electron chi connectivity index (χ0n) is 7.11. The van der Waals surface area contributed by atoms with Crippen molar-refractivity contribution in [3.05, 3.63) is 18.2 Å². The van der Waals surface area contributed by atoms with Crippen LogP contribution in [0.4, 0.5) is 0 Å². The average Bonchev–Trinajstić information content (AvgIpc) is 2.64. The van der Waals surface area contributed by atoms with Crippen LogP contribution in [0.5, 0.6) is 0 Å². The molecule has 0 aliphatic heterocycles. The summed E-state index contributed by atoms with van der Waals surface area (Å²) in [4.78, 5) is 11.0. The van der Waals surface area contributed by atoms with Crippen LogP contribution in [0.3, 0.4) is 0 Å². The van der Waals surface area contributed by atoms with E-state index in [-0.39, 0.29) is 0 Å². The first kappa shape index (κ1) is 9.61. The first-order valence-corrected chi connectivity index (χ1v) is 4.81. The van der Waals surface area contributed by atoms with Gasteiger partial charge in [-0.1, -0.05) is 11.8 Å². The molecule has 0 amide bonds. The van der Waals surface area contributed by atoms with Gasteiger partial charge in [-0.25, -0.2) is 4.98 Å². The highest BCUT2D eigenvalue weighted by Crippen LogP contribution is 1.98. The smallest absolute Gasteiger partial charge is 0.183 e. The van der Waals surface area contributed by atoms with Gasteiger partial charge >= 0.3 is 0 Å². The molecule has 13 heavy (non-hydrogen) atoms. The van der Waals surface area contributed by atoms with Gasteiger partial charge in [0.1, 0.15) is 5.82 Å². The van der Waals surface area contributed by atoms with E-state index in [9.17, 15) is 0 Å². The summed E-state index contributed by atoms with van der Waals surface area (Å²) in [6, 6.07) is 0. The molecule has 5 nitrogen and oxygen atoms in total. The molecule has 0 fully saturated rings. The predicted molar refractivity (Wildman–Crippen MR) is 52.0 cm³/mol. The number of hydrogen-bond donors (Lipinski definition) is 2. The number of aromatic amines is 1. The van der Waals surface area contributed by atoms with Crippen LogP contribution in [0.25, 0.3) is 0 Å². The summed E-state index contributed by atoms with van der Waals surface area (Å²) in [5.41, 5.74) is 0. The van der Waals surface area contributed by atoms with E-state index in [0.717, 1.165) is 5.82 Å². The van der Waals surface area contributed by atoms with E-state index >= 15 is 0 Å². The van der Waals surface area contributed by atoms with Gasteiger partial charge < -0.3 is 4.98 Å². The van der Waals surface area contributed by atoms with Gasteiger partial charge in [0.2, 0.25) is 0 Å². The zero-order chi connectivity index (χ0) is 9.52. The third kappa shape index (κ3) is 3.17. The van der Waals surface area contributed by atoms with Crippen molar-refractivity contribution >= 4 is 16.9 Å². The molecule has 0 unspecified atom stereocenters. The minimum absolute atomic E-state index is 0.456. The zero-order valence-corrected chi connectivity index (χ0v) is 7.93. The molecule has 0 radical (unpaired) electrons. The third-order valence-corrected chi connectivity index (χ3v) is 1.90. The van der Waals surface area contributed by atoms with E-state index in [1.54, 1.807) is 12.4 Å². The normalized spacial score (nSPS) is 10.9. The number of nitrogens with zero attached hydrogens (tertiary/aromatic N) is 3. The van der Waals surface area contributed by atoms with E-state index in [4.69, 9.17) is 5.26 Å². The quantitative estimate of drug-likeness (QED) is 0.315. The lowest BCUT2D eigenvalue weighted by molar-refractivity contribution is 0.946. The van der Waals surface area contributed by atoms with Gasteiger partial charge in [-0.3, -0.25) is 10.3 Å². The molecule has 0 bridgehead atoms. The summed E-state index contributed by atoms with van der Waals surface area (Å²) >= 11 is 1.39. The number of aromatic nitrogens is 2. The molecule has 0 saturated heterocycles. The highest BCUT2D eigenvalue weighted by atomic mass is 32.2. The lowest BCUT2D eigenvalue weighted by atomic mass is 10.6. The lowest BCUT2D eigenvalue weighted by Gasteiger charge is -1.97. The monoisotopic (exact) mass is 195 g/mol. The first-order valence-electron chi connectivity index (χ1n) is 3.58. The molecular formula is C7H9N5S. The van der Waals surface area contributed by atoms with Gasteiger partial charge in [0.25, 0.3) is 0 Å². The van der Waals surface area contributed by atoms with E-state index < -0.39 is 0 Å². The molecule has 0 atom stereocenters. The van der Waals surface area contributed by atoms with Crippen LogP contribution < -0.4 is 5.32 Å². The number of aliphatic imine (C=N–C) groups is 1. The third-order valence-electron chi connectivity index (χ3n) is 1.28. The molecule has 0 aromatic carbocycles. The minimum Gasteiger partial charge on any atom is -0.347 e. The molecular weight excluding hydrogens is 186 g/mol. The van der Waals surface area contributed by atoms with Crippen molar-refractivity contribution < 1.29 is 0 Å². The van der Waals surface area contributed by atoms with Crippen molar-refractivity contribution in [1.82, 2.24) is 15.3 Å². The Balaban J connectivity index is 2.51. The van der Waals surface area contributed by atoms with E-state index in [1.165, 1.54) is 11.8 Å². The van der Waals surface area contributed by atoms with Crippen molar-refractivity contribution in [1.29, 1.82) is 5.26 Å². The maximum Gasteiger partial charge on any atom is 0.183 e. The predicted octanol–water partition coefficient (Wildman–Crippen LogP) is 0.699. The van der Waals surface area contributed by atoms with Crippen molar-refractivity contribution in [2.45, 2.75) is 6.54 Å². The maximum atomic E-state index is 8.35. The highest BCUT2D eigenvalue weighted by molar-refractivity contribution is 8.13. The Morgan fingerprint density at radius 2 is 2.77 bits per heavy atom. The largest absolute Gasteiger partial charge is 0.347 e. The van der Waals surface area contributed by atoms with Crippen molar-refractivity contribution in [2.24, 2.45) is 4.99 Å². The van der Waals surface area contributed by atoms with Crippen molar-refractivity contribution in [3.8, 4) is 6.19 Å². The summed E-state index contributed by atoms with van der Waals surface area (Å²) in [6.07, 6.45) is 7.07. The van der Waals surface area contributed by atoms with Crippen LogP contribution >= 0.6 is 11.8 Å². The molecule has 68 valence electrons. The van der Waals surface area contributed by atoms with Crippen LogP contribution in [0, 0.1) is 11.5 Å². The van der Waals surface area contributed by atoms with Crippen LogP contribution in [0.1, 0.15) is 5.82 Å². The number of amidine groups is 1. The number of rotatable bonds is 2. The number of imidazole rings is 1. The van der Waals surface area contributed by atoms with Crippen molar-refractivity contribution in [3.63, 3.8) is 0 Å². The number of hydrogen-bond acceptors (Lipinski definition) is 4. The van der Waals surface area contributed by atoms with Gasteiger partial charge in [0.15, 0.2) is 11.4 Å². The lowest BCUT2D eigenvalue weighted by Crippen LogP contribution is -2.13. The second-order valence-corrected chi connectivity index (χ2v) is 2.89. The summed E-state index contributed by atoms with van der Waals surface area (Å²) in [5, 5.41) is 11.4. The van der Waals surface area contributed by atoms with Crippen LogP contribution in [0.2, 0.25) is 0 Å². The van der Waals surface area contributed by atoms with Crippen LogP contribution in [0.15, 0.2) is 17.4 Å². The number of nitrogens with one attached hydrogen (secondary N) is 2. The molecule has 6 heteroatoms. The van der Waals surface area contributed by atoms with Gasteiger partial charge in [0, 0.05) is 12.4 Å². The standard InChI is InChI=1S/C7H9N5S/c1-13-7(12-5-8)11-4-6-9-2-3-10-6/h2-3H,4H2,1H3,(H,9,10)(H,11,12). The molecule has 2 N–H and O–H groups in total. The van der Waals surface area contributed by atoms with Gasteiger partial charge in [-0.15, -0.1) is 0 Å². The first-order chi connectivity index (χ1) is 6.36. The summed E-state index contributed by atoms with van der Waals surface area (Å²) in [6.45, 7) is 0.456. The van der Waals surface area contributed by atoms with Crippen molar-refractivity contribution in [2.75, 3.05) is 6.26 Å². The number of thioether (sulfide) groups is 1. The average molecular weight is 195 g/mol. The molecule has 1 aromatic rings. The molecule has 1 aromatic heterocycles. The Bertz CT molecular complexity index is 310. The summed E-state index contributed by atoms with van der Waals surface area (Å²) in [5.74, 6) is 0.784. The van der Waals surface area contributed by atoms with Crippen LogP contribution in [-0.4, -0.2) is 21.4 Å². The second kappa shape index (κ2) is 5.22. The molecule has 1 heterocycles. The fourth-order valence-corrected chi connectivity index (χ4v) is 1.08. The number of nitriles is 1. The summed E-state index contributed by atoms with van der Waals surface area (Å²) in [7, 11) is 0. The molecule has 0 spiro atoms. The van der Waals surface area contributed by atoms with E-state index in [1.807, 2.05) is 12.4 Å². The number of H-pyrrole nitrogens is 1. The topological polar surface area (TPSA) is 76.9 Å². The van der Waals surface area contributed by atoms with Gasteiger partial charge in [-0.05, 0) is 6.26 Å². The Hall–Kier alpha value is -1.48. The fourth-order valence-electron chi connectivity index (χ4n) is 0.734. The van der Waals surface area contributed by atoms with Gasteiger partial charge in [-0.2, -0.15) is 5.26 Å². The fraction of sp³-hybridized carbons (Fsp3) is 0.286. The Labute approximate surface area is 80.3 Å². The SMILES string of the molecule is CSC(=NCc1ncc[nH]1)NC#N. The molecule has 0 saturated carbocycles. The van der Waals surface area contributed by atoms with Gasteiger partial charge in [0.05, 0.1) is 6.54 Å². The Kier molecular flexibility index (Phi) is 3.85. The second-order valence-electron chi connectivity index (χ2n) is 2.10. The molecule has 0 aliphatic carbocycles. The summed E-state index contributed by atoms with van der Waals surface area (Å²) < 4.78 is 0. The maximum absolute atomic E-state index is 8.35. The van der Waals surface area contributed by atoms with E-state index in [2.05, 4.69) is 20.3 Å². The Morgan fingerprint density at radius 1 is 1.92 bits per heavy atom. The Morgan fingerprint density at radius 3 is 3.31 bits per heavy atom. The van der Waals surface area contributed by atoms with E-state index in [0.29, 0.717) is 11.7 Å². The molecule has 0 aliphatic rings. The molecule has 1 rings (SSSR count). The van der Waals surface area contributed by atoms with Crippen LogP contribution in [-0.2, 0) is 6.54 Å². The highest BCUT2D eigenvalue weighted by Gasteiger charge is 1.95.